The number of hydrogen-bond acceptors (Lipinski definition) is 4. The molecule has 0 atom stereocenters. The molecule has 0 amide bonds. The Hall–Kier alpha value is -4.34. The van der Waals surface area contributed by atoms with Crippen LogP contribution in [0, 0.1) is 18.8 Å². The monoisotopic (exact) mass is 898 g/mol. The normalized spacial score (nSPS) is 14.8. The van der Waals surface area contributed by atoms with Crippen molar-refractivity contribution in [3.63, 3.8) is 0 Å². The Morgan fingerprint density at radius 3 is 1.87 bits per heavy atom. The number of benzene rings is 4. The number of anilines is 2. The van der Waals surface area contributed by atoms with Crippen LogP contribution in [0.3, 0.4) is 0 Å². The fourth-order valence-electron chi connectivity index (χ4n) is 6.59. The average Bonchev–Trinajstić information content (AvgIpc) is 3.59. The third kappa shape index (κ3) is 7.89. The van der Waals surface area contributed by atoms with Gasteiger partial charge in [0.1, 0.15) is 5.82 Å². The molecule has 284 valence electrons. The molecular weight excluding hydrogens is 844 g/mol. The molecule has 0 bridgehead atoms. The van der Waals surface area contributed by atoms with E-state index in [0.29, 0.717) is 17.2 Å². The van der Waals surface area contributed by atoms with Crippen molar-refractivity contribution in [3.05, 3.63) is 138 Å². The molecule has 6 aromatic rings. The molecular formula is C48H53N4OPt-3. The summed E-state index contributed by atoms with van der Waals surface area (Å²) >= 11 is 0. The van der Waals surface area contributed by atoms with Gasteiger partial charge in [0.2, 0.25) is 0 Å². The molecule has 1 aliphatic rings. The van der Waals surface area contributed by atoms with E-state index in [0.717, 1.165) is 38.9 Å². The van der Waals surface area contributed by atoms with Crippen LogP contribution in [-0.2, 0) is 42.7 Å². The zero-order chi connectivity index (χ0) is 39.8. The van der Waals surface area contributed by atoms with E-state index in [1.54, 1.807) is 9.80 Å². The van der Waals surface area contributed by atoms with E-state index in [1.807, 2.05) is 31.1 Å². The largest absolute Gasteiger partial charge is 0.509 e. The van der Waals surface area contributed by atoms with Gasteiger partial charge in [0, 0.05) is 50.0 Å². The molecule has 0 N–H and O–H groups in total. The maximum absolute atomic E-state index is 9.16. The molecule has 5 nitrogen and oxygen atoms in total. The van der Waals surface area contributed by atoms with Gasteiger partial charge in [-0.3, -0.25) is 0 Å². The Labute approximate surface area is 340 Å². The summed E-state index contributed by atoms with van der Waals surface area (Å²) in [4.78, 5) is 8.35. The summed E-state index contributed by atoms with van der Waals surface area (Å²) in [5.74, 6) is 1.87. The van der Waals surface area contributed by atoms with Gasteiger partial charge in [0.15, 0.2) is 0 Å². The molecule has 0 aliphatic carbocycles. The standard InChI is InChI=1S/C48H53N4O.Pt/c1-45(2,3)32-19-20-49-44(28-32)52-42-16-14-13-15-40(42)41-18-17-38(30-43(41)52)53-39-27-35(48(10,11)12)26-37(29-39)51-22-21-50(31-51)36-24-33(46(4,5)6)23-34(25-36)47(7,8)9;/h13-28,31H,1-12H3;/q-3;/i21D,22D;. The molecule has 0 radical (unpaired) electrons. The molecule has 2 aromatic heterocycles. The molecule has 7 rings (SSSR count). The molecule has 3 heterocycles. The first-order chi connectivity index (χ1) is 25.6. The fraction of sp³-hybridized carbons (Fsp3) is 0.333. The van der Waals surface area contributed by atoms with Gasteiger partial charge in [-0.15, -0.1) is 53.6 Å². The van der Waals surface area contributed by atoms with E-state index in [-0.39, 0.29) is 55.1 Å². The van der Waals surface area contributed by atoms with Crippen molar-refractivity contribution in [3.8, 4) is 17.3 Å². The minimum atomic E-state index is -0.233. The second-order valence-electron chi connectivity index (χ2n) is 18.4. The SMILES string of the molecule is [2H]C1=C([2H])N(c2cc(C(C)(C)C)cc(C(C)(C)C)c2)[CH-]N1c1[c-]c(Oc2[c-]c3c(cc2)c2ccccc2n3-c2cc(C(C)(C)C)ccn2)cc(C(C)(C)C)c1.[Pt]. The summed E-state index contributed by atoms with van der Waals surface area (Å²) in [5.41, 5.74) is 7.54. The van der Waals surface area contributed by atoms with Gasteiger partial charge in [-0.05, 0) is 86.4 Å². The molecule has 0 spiro atoms. The van der Waals surface area contributed by atoms with Crippen molar-refractivity contribution < 1.29 is 28.5 Å². The quantitative estimate of drug-likeness (QED) is 0.161. The van der Waals surface area contributed by atoms with Crippen LogP contribution >= 0.6 is 0 Å². The predicted molar refractivity (Wildman–Crippen MR) is 222 cm³/mol. The van der Waals surface area contributed by atoms with Gasteiger partial charge in [-0.2, -0.15) is 6.07 Å². The number of para-hydroxylation sites is 1. The minimum absolute atomic E-state index is 0. The first-order valence-corrected chi connectivity index (χ1v) is 18.5. The van der Waals surface area contributed by atoms with Gasteiger partial charge >= 0.3 is 0 Å². The Bertz CT molecular complexity index is 2440. The second kappa shape index (κ2) is 14.1. The van der Waals surface area contributed by atoms with Gasteiger partial charge < -0.3 is 19.1 Å². The van der Waals surface area contributed by atoms with Crippen molar-refractivity contribution in [2.24, 2.45) is 0 Å². The van der Waals surface area contributed by atoms with Crippen LogP contribution in [0.2, 0.25) is 0 Å². The number of rotatable bonds is 5. The van der Waals surface area contributed by atoms with Gasteiger partial charge in [-0.25, -0.2) is 4.98 Å². The van der Waals surface area contributed by atoms with Gasteiger partial charge in [0.25, 0.3) is 0 Å². The molecule has 54 heavy (non-hydrogen) atoms. The van der Waals surface area contributed by atoms with Crippen molar-refractivity contribution in [1.82, 2.24) is 9.55 Å². The summed E-state index contributed by atoms with van der Waals surface area (Å²) < 4.78 is 27.1. The van der Waals surface area contributed by atoms with Crippen molar-refractivity contribution in [2.75, 3.05) is 9.80 Å². The smallest absolute Gasteiger partial charge is 0.135 e. The number of ether oxygens (including phenoxy) is 1. The van der Waals surface area contributed by atoms with E-state index >= 15 is 0 Å². The first-order valence-electron chi connectivity index (χ1n) is 19.5. The van der Waals surface area contributed by atoms with E-state index in [9.17, 15) is 0 Å². The van der Waals surface area contributed by atoms with Crippen LogP contribution in [0.1, 0.15) is 108 Å². The summed E-state index contributed by atoms with van der Waals surface area (Å²) in [6.45, 7) is 28.2. The van der Waals surface area contributed by atoms with Crippen molar-refractivity contribution in [2.45, 2.75) is 105 Å². The summed E-state index contributed by atoms with van der Waals surface area (Å²) in [6, 6.07) is 34.3. The molecule has 4 aromatic carbocycles. The molecule has 0 saturated heterocycles. The van der Waals surface area contributed by atoms with Crippen LogP contribution < -0.4 is 14.5 Å². The predicted octanol–water partition coefficient (Wildman–Crippen LogP) is 12.7. The second-order valence-corrected chi connectivity index (χ2v) is 18.4. The van der Waals surface area contributed by atoms with Crippen molar-refractivity contribution >= 4 is 33.2 Å². The number of fused-ring (bicyclic) bond motifs is 3. The molecule has 6 heteroatoms. The van der Waals surface area contributed by atoms with Gasteiger partial charge in [0.05, 0.1) is 2.74 Å². The van der Waals surface area contributed by atoms with Crippen LogP contribution in [0.4, 0.5) is 11.4 Å². The van der Waals surface area contributed by atoms with E-state index in [4.69, 9.17) is 12.5 Å². The van der Waals surface area contributed by atoms with Gasteiger partial charge in [-0.1, -0.05) is 113 Å². The number of hydrogen-bond donors (Lipinski definition) is 0. The van der Waals surface area contributed by atoms with E-state index in [2.05, 4.69) is 160 Å². The maximum Gasteiger partial charge on any atom is 0.135 e. The Balaban J connectivity index is 0.00000532. The molecule has 0 saturated carbocycles. The summed E-state index contributed by atoms with van der Waals surface area (Å²) in [6.07, 6.45) is 2.04. The Morgan fingerprint density at radius 2 is 1.22 bits per heavy atom. The first kappa shape index (κ1) is 36.6. The third-order valence-corrected chi connectivity index (χ3v) is 10.0. The molecule has 0 unspecified atom stereocenters. The zero-order valence-corrected chi connectivity index (χ0v) is 35.9. The van der Waals surface area contributed by atoms with E-state index < -0.39 is 0 Å². The van der Waals surface area contributed by atoms with E-state index in [1.165, 1.54) is 16.7 Å². The average molecular weight is 899 g/mol. The number of nitrogens with zero attached hydrogens (tertiary/aromatic N) is 4. The van der Waals surface area contributed by atoms with Crippen LogP contribution in [-0.4, -0.2) is 9.55 Å². The Kier molecular flexibility index (Phi) is 9.54. The minimum Gasteiger partial charge on any atom is -0.509 e. The maximum atomic E-state index is 9.16. The van der Waals surface area contributed by atoms with Crippen LogP contribution in [0.15, 0.2) is 97.4 Å². The summed E-state index contributed by atoms with van der Waals surface area (Å²) in [7, 11) is 0. The van der Waals surface area contributed by atoms with Crippen molar-refractivity contribution in [1.29, 1.82) is 0 Å². The Morgan fingerprint density at radius 1 is 0.611 bits per heavy atom. The van der Waals surface area contributed by atoms with Crippen LogP contribution in [0.5, 0.6) is 11.5 Å². The molecule has 0 fully saturated rings. The zero-order valence-electron chi connectivity index (χ0n) is 35.7. The fourth-order valence-corrected chi connectivity index (χ4v) is 6.59. The summed E-state index contributed by atoms with van der Waals surface area (Å²) in [5, 5.41) is 2.17. The third-order valence-electron chi connectivity index (χ3n) is 10.0. The number of aromatic nitrogens is 2. The number of pyridine rings is 1. The molecule has 1 aliphatic heterocycles. The topological polar surface area (TPSA) is 33.5 Å². The van der Waals surface area contributed by atoms with Crippen LogP contribution in [0.25, 0.3) is 27.6 Å².